The van der Waals surface area contributed by atoms with Gasteiger partial charge in [-0.3, -0.25) is 0 Å². The van der Waals surface area contributed by atoms with E-state index in [1.54, 1.807) is 0 Å². The molecule has 6 heteroatoms. The molecule has 0 saturated carbocycles. The Kier molecular flexibility index (Phi) is 8.19. The van der Waals surface area contributed by atoms with Crippen molar-refractivity contribution in [3.8, 4) is 33.4 Å². The fourth-order valence-corrected chi connectivity index (χ4v) is 6.85. The molecule has 0 bridgehead atoms. The van der Waals surface area contributed by atoms with Crippen molar-refractivity contribution in [1.82, 2.24) is 0 Å². The average molecular weight is 867 g/mol. The minimum absolute atomic E-state index is 0.822. The lowest BCUT2D eigenvalue weighted by atomic mass is 9.98. The zero-order valence-corrected chi connectivity index (χ0v) is 25.3. The van der Waals surface area contributed by atoms with Gasteiger partial charge in [0.25, 0.3) is 0 Å². The number of hydrogen-bond donors (Lipinski definition) is 0. The second-order valence-electron chi connectivity index (χ2n) is 6.74. The molecule has 31 heavy (non-hydrogen) atoms. The number of hydrogen-bond acceptors (Lipinski definition) is 2. The van der Waals surface area contributed by atoms with Gasteiger partial charge in [-0.15, -0.1) is 0 Å². The Morgan fingerprint density at radius 2 is 1.10 bits per heavy atom. The van der Waals surface area contributed by atoms with Crippen LogP contribution in [0.5, 0.6) is 0 Å². The predicted octanol–water partition coefficient (Wildman–Crippen LogP) is 9.84. The van der Waals surface area contributed by atoms with Crippen LogP contribution in [-0.4, -0.2) is 5.16 Å². The lowest BCUT2D eigenvalue weighted by Crippen LogP contribution is -1.93. The molecule has 0 radical (unpaired) electrons. The lowest BCUT2D eigenvalue weighted by molar-refractivity contribution is 1.49. The van der Waals surface area contributed by atoms with Gasteiger partial charge in [-0.25, -0.2) is 0 Å². The lowest BCUT2D eigenvalue weighted by Gasteiger charge is -2.14. The molecule has 0 aliphatic carbocycles. The predicted molar refractivity (Wildman–Crippen MR) is 168 cm³/mol. The highest BCUT2D eigenvalue weighted by atomic mass is 127. The molecule has 0 N–H and O–H groups in total. The Morgan fingerprint density at radius 1 is 0.581 bits per heavy atom. The van der Waals surface area contributed by atoms with Gasteiger partial charge in [0.1, 0.15) is 0 Å². The molecule has 0 fully saturated rings. The maximum Gasteiger partial charge on any atom is 0.0739 e. The van der Waals surface area contributed by atoms with Crippen molar-refractivity contribution >= 4 is 113 Å². The second-order valence-corrected chi connectivity index (χ2v) is 11.5. The first-order valence-electron chi connectivity index (χ1n) is 9.20. The van der Waals surface area contributed by atoms with Crippen LogP contribution in [0.15, 0.2) is 83.9 Å². The quantitative estimate of drug-likeness (QED) is 0.113. The fourth-order valence-electron chi connectivity index (χ4n) is 3.31. The Bertz CT molecular complexity index is 1310. The molecule has 152 valence electrons. The highest BCUT2D eigenvalue weighted by molar-refractivity contribution is 14.1. The van der Waals surface area contributed by atoms with Gasteiger partial charge < -0.3 is 0 Å². The number of isothiocyanates is 1. The van der Waals surface area contributed by atoms with Crippen molar-refractivity contribution in [3.63, 3.8) is 0 Å². The van der Waals surface area contributed by atoms with Crippen LogP contribution in [0.4, 0.5) is 5.69 Å². The van der Waals surface area contributed by atoms with Gasteiger partial charge in [-0.2, -0.15) is 4.99 Å². The van der Waals surface area contributed by atoms with Crippen LogP contribution in [0, 0.1) is 14.3 Å². The van der Waals surface area contributed by atoms with Crippen molar-refractivity contribution in [2.75, 3.05) is 0 Å². The summed E-state index contributed by atoms with van der Waals surface area (Å²) < 4.78 is 5.10. The summed E-state index contributed by atoms with van der Waals surface area (Å²) in [4.78, 5) is 4.01. The molecule has 4 rings (SSSR count). The monoisotopic (exact) mass is 867 g/mol. The number of rotatable bonds is 4. The van der Waals surface area contributed by atoms with Crippen LogP contribution >= 0.6 is 103 Å². The Morgan fingerprint density at radius 3 is 1.71 bits per heavy atom. The van der Waals surface area contributed by atoms with Crippen LogP contribution in [-0.2, 0) is 0 Å². The summed E-state index contributed by atoms with van der Waals surface area (Å²) in [6.07, 6.45) is 0. The molecule has 0 saturated heterocycles. The molecule has 0 aromatic heterocycles. The third-order valence-electron chi connectivity index (χ3n) is 4.87. The Hall–Kier alpha value is -0.400. The smallest absolute Gasteiger partial charge is 0.0739 e. The normalized spacial score (nSPS) is 10.6. The molecule has 4 aromatic carbocycles. The van der Waals surface area contributed by atoms with E-state index in [9.17, 15) is 0 Å². The molecular formula is C25H13I4NS. The zero-order valence-electron chi connectivity index (χ0n) is 15.9. The van der Waals surface area contributed by atoms with Crippen molar-refractivity contribution < 1.29 is 0 Å². The molecule has 0 heterocycles. The first-order chi connectivity index (χ1) is 15.0. The van der Waals surface area contributed by atoms with Gasteiger partial charge in [0.05, 0.1) is 10.8 Å². The number of nitrogens with zero attached hydrogens (tertiary/aromatic N) is 1. The third kappa shape index (κ3) is 5.40. The summed E-state index contributed by atoms with van der Waals surface area (Å²) in [5.41, 5.74) is 8.20. The molecule has 1 nitrogen and oxygen atoms in total. The second kappa shape index (κ2) is 10.7. The van der Waals surface area contributed by atoms with Crippen molar-refractivity contribution in [1.29, 1.82) is 0 Å². The molecular weight excluding hydrogens is 854 g/mol. The standard InChI is InChI=1S/C25H13I4NS/c26-18-7-10-21(23(27)13-18)22-12-11-20(24(28)25(22)29)17-3-1-15(2-4-17)16-5-8-19(9-6-16)30-14-31/h1-13H. The van der Waals surface area contributed by atoms with E-state index >= 15 is 0 Å². The van der Waals surface area contributed by atoms with E-state index in [1.165, 1.54) is 42.1 Å². The minimum Gasteiger partial charge on any atom is -0.195 e. The number of aliphatic imine (C=N–C) groups is 1. The Labute approximate surface area is 241 Å². The van der Waals surface area contributed by atoms with E-state index in [-0.39, 0.29) is 0 Å². The van der Waals surface area contributed by atoms with E-state index in [1.807, 2.05) is 12.1 Å². The third-order valence-corrected chi connectivity index (χ3v) is 9.80. The SMILES string of the molecule is S=C=Nc1ccc(-c2ccc(-c3ccc(-c4ccc(I)cc4I)c(I)c3I)cc2)cc1. The van der Waals surface area contributed by atoms with Gasteiger partial charge >= 0.3 is 0 Å². The summed E-state index contributed by atoms with van der Waals surface area (Å²) in [5.74, 6) is 0. The van der Waals surface area contributed by atoms with Crippen molar-refractivity contribution in [2.45, 2.75) is 0 Å². The summed E-state index contributed by atoms with van der Waals surface area (Å²) in [7, 11) is 0. The van der Waals surface area contributed by atoms with Crippen molar-refractivity contribution in [2.24, 2.45) is 4.99 Å². The number of thiocarbonyl (C=S) groups is 1. The molecule has 0 atom stereocenters. The highest BCUT2D eigenvalue weighted by Crippen LogP contribution is 2.38. The number of benzene rings is 4. The average Bonchev–Trinajstić information content (AvgIpc) is 2.77. The summed E-state index contributed by atoms with van der Waals surface area (Å²) in [6, 6.07) is 27.9. The van der Waals surface area contributed by atoms with Crippen LogP contribution in [0.3, 0.4) is 0 Å². The Balaban J connectivity index is 1.67. The molecule has 0 aliphatic rings. The zero-order chi connectivity index (χ0) is 22.0. The van der Waals surface area contributed by atoms with Crippen LogP contribution in [0.1, 0.15) is 0 Å². The molecule has 0 aliphatic heterocycles. The molecule has 4 aromatic rings. The summed E-state index contributed by atoms with van der Waals surface area (Å²) in [6.45, 7) is 0. The van der Waals surface area contributed by atoms with Crippen LogP contribution in [0.25, 0.3) is 33.4 Å². The topological polar surface area (TPSA) is 12.4 Å². The fraction of sp³-hybridized carbons (Fsp3) is 0. The van der Waals surface area contributed by atoms with Gasteiger partial charge in [-0.1, -0.05) is 54.6 Å². The van der Waals surface area contributed by atoms with Gasteiger partial charge in [0.2, 0.25) is 0 Å². The van der Waals surface area contributed by atoms with Gasteiger partial charge in [-0.05, 0) is 160 Å². The molecule has 0 amide bonds. The van der Waals surface area contributed by atoms with Crippen molar-refractivity contribution in [3.05, 3.63) is 93.1 Å². The molecule has 0 spiro atoms. The summed E-state index contributed by atoms with van der Waals surface area (Å²) in [5, 5.41) is 2.40. The van der Waals surface area contributed by atoms with E-state index < -0.39 is 0 Å². The summed E-state index contributed by atoms with van der Waals surface area (Å²) >= 11 is 14.4. The van der Waals surface area contributed by atoms with Gasteiger partial charge in [0.15, 0.2) is 0 Å². The first kappa shape index (κ1) is 23.7. The van der Waals surface area contributed by atoms with E-state index in [0.29, 0.717) is 0 Å². The molecule has 0 unspecified atom stereocenters. The van der Waals surface area contributed by atoms with E-state index in [4.69, 9.17) is 0 Å². The van der Waals surface area contributed by atoms with Crippen LogP contribution in [0.2, 0.25) is 0 Å². The largest absolute Gasteiger partial charge is 0.195 e. The maximum atomic E-state index is 4.67. The first-order valence-corrected chi connectivity index (χ1v) is 13.9. The number of halogens is 4. The minimum atomic E-state index is 0.822. The van der Waals surface area contributed by atoms with E-state index in [2.05, 4.69) is 179 Å². The van der Waals surface area contributed by atoms with E-state index in [0.717, 1.165) is 11.3 Å². The van der Waals surface area contributed by atoms with Gasteiger partial charge in [0, 0.05) is 14.3 Å². The highest BCUT2D eigenvalue weighted by Gasteiger charge is 2.14. The maximum absolute atomic E-state index is 4.67. The van der Waals surface area contributed by atoms with Crippen LogP contribution < -0.4 is 0 Å².